The van der Waals surface area contributed by atoms with E-state index in [9.17, 15) is 0 Å². The van der Waals surface area contributed by atoms with Gasteiger partial charge in [0, 0.05) is 58.9 Å². The number of pyridine rings is 3. The van der Waals surface area contributed by atoms with Gasteiger partial charge >= 0.3 is 0 Å². The van der Waals surface area contributed by atoms with Gasteiger partial charge in [0.25, 0.3) is 0 Å². The van der Waals surface area contributed by atoms with E-state index >= 15 is 0 Å². The van der Waals surface area contributed by atoms with E-state index in [-0.39, 0.29) is 0 Å². The molecule has 0 atom stereocenters. The zero-order valence-electron chi connectivity index (χ0n) is 22.5. The van der Waals surface area contributed by atoms with Crippen molar-refractivity contribution >= 4 is 32.8 Å². The first-order valence-corrected chi connectivity index (χ1v) is 13.6. The van der Waals surface area contributed by atoms with Crippen molar-refractivity contribution in [2.24, 2.45) is 0 Å². The predicted molar refractivity (Wildman–Crippen MR) is 166 cm³/mol. The first kappa shape index (κ1) is 24.0. The van der Waals surface area contributed by atoms with E-state index in [0.29, 0.717) is 0 Å². The lowest BCUT2D eigenvalue weighted by atomic mass is 9.85. The van der Waals surface area contributed by atoms with Crippen LogP contribution in [0, 0.1) is 13.8 Å². The third kappa shape index (κ3) is 4.05. The Morgan fingerprint density at radius 3 is 1.70 bits per heavy atom. The number of fused-ring (bicyclic) bond motifs is 2. The van der Waals surface area contributed by atoms with Crippen LogP contribution in [0.1, 0.15) is 22.5 Å². The van der Waals surface area contributed by atoms with Crippen molar-refractivity contribution in [3.8, 4) is 22.4 Å². The highest BCUT2D eigenvalue weighted by atomic mass is 14.9. The Morgan fingerprint density at radius 1 is 0.575 bits per heavy atom. The lowest BCUT2D eigenvalue weighted by Gasteiger charge is -2.23. The number of aryl methyl sites for hydroxylation is 2. The summed E-state index contributed by atoms with van der Waals surface area (Å²) >= 11 is 0. The molecule has 0 unspecified atom stereocenters. The van der Waals surface area contributed by atoms with Gasteiger partial charge in [-0.25, -0.2) is 0 Å². The molecule has 0 aliphatic carbocycles. The van der Waals surface area contributed by atoms with Crippen molar-refractivity contribution in [1.29, 1.82) is 0 Å². The molecule has 7 rings (SSSR count). The summed E-state index contributed by atoms with van der Waals surface area (Å²) in [4.78, 5) is 13.8. The van der Waals surface area contributed by atoms with E-state index in [2.05, 4.69) is 107 Å². The highest BCUT2D eigenvalue weighted by molar-refractivity contribution is 6.19. The topological polar surface area (TPSA) is 50.7 Å². The van der Waals surface area contributed by atoms with Gasteiger partial charge in [-0.2, -0.15) is 0 Å². The summed E-state index contributed by atoms with van der Waals surface area (Å²) < 4.78 is 0. The molecule has 0 fully saturated rings. The van der Waals surface area contributed by atoms with Crippen LogP contribution in [0.4, 0.5) is 0 Å². The average Bonchev–Trinajstić information content (AvgIpc) is 3.01. The molecule has 1 aliphatic heterocycles. The molecule has 0 saturated heterocycles. The largest absolute Gasteiger partial charge is 0.380 e. The first-order valence-electron chi connectivity index (χ1n) is 13.6. The molecule has 0 radical (unpaired) electrons. The number of hydrogen-bond donors (Lipinski definition) is 1. The molecule has 40 heavy (non-hydrogen) atoms. The molecule has 6 aromatic rings. The van der Waals surface area contributed by atoms with Crippen LogP contribution in [0.25, 0.3) is 55.2 Å². The molecule has 0 saturated carbocycles. The zero-order valence-corrected chi connectivity index (χ0v) is 22.5. The van der Waals surface area contributed by atoms with Crippen molar-refractivity contribution in [3.05, 3.63) is 138 Å². The fourth-order valence-corrected chi connectivity index (χ4v) is 5.86. The van der Waals surface area contributed by atoms with Gasteiger partial charge in [-0.3, -0.25) is 15.0 Å². The van der Waals surface area contributed by atoms with E-state index in [0.717, 1.165) is 46.0 Å². The van der Waals surface area contributed by atoms with E-state index < -0.39 is 0 Å². The molecule has 192 valence electrons. The molecule has 4 heterocycles. The van der Waals surface area contributed by atoms with E-state index in [1.54, 1.807) is 0 Å². The van der Waals surface area contributed by atoms with Crippen LogP contribution >= 0.6 is 0 Å². The summed E-state index contributed by atoms with van der Waals surface area (Å²) in [5.41, 5.74) is 11.1. The van der Waals surface area contributed by atoms with Gasteiger partial charge in [-0.15, -0.1) is 0 Å². The quantitative estimate of drug-likeness (QED) is 0.240. The number of nitrogens with one attached hydrogen (secondary N) is 1. The van der Waals surface area contributed by atoms with Crippen LogP contribution < -0.4 is 5.32 Å². The predicted octanol–water partition coefficient (Wildman–Crippen LogP) is 8.16. The van der Waals surface area contributed by atoms with Gasteiger partial charge < -0.3 is 5.32 Å². The molecule has 4 heteroatoms. The summed E-state index contributed by atoms with van der Waals surface area (Å²) in [6, 6.07) is 29.9. The minimum atomic E-state index is 0.744. The molecule has 3 aromatic heterocycles. The fourth-order valence-electron chi connectivity index (χ4n) is 5.86. The monoisotopic (exact) mass is 516 g/mol. The minimum Gasteiger partial charge on any atom is -0.380 e. The molecule has 1 aliphatic rings. The standard InChI is InChI=1S/C36H28N4/c1-23-27(13-7-19-37-23)33-17-15-25(21-39-33)35-29-9-3-5-11-31(29)36(32-12-6-4-10-30(32)35)26-16-18-34(40-22-26)28-14-8-20-38-24(28)2/h3-21,40H,22H2,1-2H3. The molecular formula is C36H28N4. The van der Waals surface area contributed by atoms with Gasteiger partial charge in [0.2, 0.25) is 0 Å². The van der Waals surface area contributed by atoms with Gasteiger partial charge in [-0.05, 0) is 88.5 Å². The summed E-state index contributed by atoms with van der Waals surface area (Å²) in [7, 11) is 0. The highest BCUT2D eigenvalue weighted by Crippen LogP contribution is 2.42. The Hall–Kier alpha value is -5.09. The summed E-state index contributed by atoms with van der Waals surface area (Å²) in [6.45, 7) is 4.82. The summed E-state index contributed by atoms with van der Waals surface area (Å²) in [5, 5.41) is 8.60. The smallest absolute Gasteiger partial charge is 0.0720 e. The van der Waals surface area contributed by atoms with Crippen LogP contribution in [-0.2, 0) is 0 Å². The Balaban J connectivity index is 1.40. The fraction of sp³-hybridized carbons (Fsp3) is 0.0833. The minimum absolute atomic E-state index is 0.744. The van der Waals surface area contributed by atoms with E-state index in [1.807, 2.05) is 37.6 Å². The molecule has 4 nitrogen and oxygen atoms in total. The number of benzene rings is 3. The molecule has 0 amide bonds. The number of rotatable bonds is 4. The lowest BCUT2D eigenvalue weighted by molar-refractivity contribution is 1.00. The number of dihydropyridines is 1. The Morgan fingerprint density at radius 2 is 1.18 bits per heavy atom. The summed E-state index contributed by atoms with van der Waals surface area (Å²) in [5.74, 6) is 0. The summed E-state index contributed by atoms with van der Waals surface area (Å²) in [6.07, 6.45) is 10.1. The van der Waals surface area contributed by atoms with Crippen LogP contribution in [-0.4, -0.2) is 21.5 Å². The number of aromatic nitrogens is 3. The Kier molecular flexibility index (Phi) is 5.94. The molecule has 3 aromatic carbocycles. The third-order valence-corrected chi connectivity index (χ3v) is 7.81. The van der Waals surface area contributed by atoms with Gasteiger partial charge in [0.1, 0.15) is 0 Å². The number of allylic oxidation sites excluding steroid dienone is 2. The van der Waals surface area contributed by atoms with Gasteiger partial charge in [0.05, 0.1) is 5.69 Å². The van der Waals surface area contributed by atoms with E-state index in [4.69, 9.17) is 4.98 Å². The average molecular weight is 517 g/mol. The SMILES string of the molecule is Cc1ncccc1C1=CC=C(c2c3ccccc3c(-c3ccc(-c4cccnc4C)nc3)c3ccccc23)CN1. The number of nitrogens with zero attached hydrogens (tertiary/aromatic N) is 3. The van der Waals surface area contributed by atoms with Crippen LogP contribution in [0.2, 0.25) is 0 Å². The normalized spacial score (nSPS) is 13.2. The third-order valence-electron chi connectivity index (χ3n) is 7.81. The Labute approximate surface area is 233 Å². The van der Waals surface area contributed by atoms with E-state index in [1.165, 1.54) is 38.2 Å². The van der Waals surface area contributed by atoms with Crippen molar-refractivity contribution in [3.63, 3.8) is 0 Å². The van der Waals surface area contributed by atoms with Crippen molar-refractivity contribution in [1.82, 2.24) is 20.3 Å². The van der Waals surface area contributed by atoms with Gasteiger partial charge in [0.15, 0.2) is 0 Å². The van der Waals surface area contributed by atoms with Crippen LogP contribution in [0.15, 0.2) is 116 Å². The lowest BCUT2D eigenvalue weighted by Crippen LogP contribution is -2.19. The number of hydrogen-bond acceptors (Lipinski definition) is 4. The first-order chi connectivity index (χ1) is 19.7. The zero-order chi connectivity index (χ0) is 27.1. The van der Waals surface area contributed by atoms with Crippen LogP contribution in [0.3, 0.4) is 0 Å². The second kappa shape index (κ2) is 9.90. The maximum absolute atomic E-state index is 4.88. The molecular weight excluding hydrogens is 488 g/mol. The maximum Gasteiger partial charge on any atom is 0.0720 e. The molecule has 0 bridgehead atoms. The van der Waals surface area contributed by atoms with Crippen molar-refractivity contribution < 1.29 is 0 Å². The maximum atomic E-state index is 4.88. The molecule has 1 N–H and O–H groups in total. The Bertz CT molecular complexity index is 1910. The van der Waals surface area contributed by atoms with Crippen LogP contribution in [0.5, 0.6) is 0 Å². The van der Waals surface area contributed by atoms with Crippen molar-refractivity contribution in [2.75, 3.05) is 6.54 Å². The second-order valence-electron chi connectivity index (χ2n) is 10.2. The van der Waals surface area contributed by atoms with Crippen molar-refractivity contribution in [2.45, 2.75) is 13.8 Å². The highest BCUT2D eigenvalue weighted by Gasteiger charge is 2.19. The molecule has 0 spiro atoms. The second-order valence-corrected chi connectivity index (χ2v) is 10.2. The van der Waals surface area contributed by atoms with Gasteiger partial charge in [-0.1, -0.05) is 60.7 Å².